The molecule has 2 aliphatic heterocycles. The summed E-state index contributed by atoms with van der Waals surface area (Å²) >= 11 is 6.11. The van der Waals surface area contributed by atoms with Crippen LogP contribution in [0.25, 0.3) is 5.57 Å². The standard InChI is InChI=1S/C19H25ClFN7O/c1-23-19(29)11-4-2-3-5-15(11)28(22)18-14(21)9-26-17(27-18)13-8-25-16-12(13)6-10(20)7-24-16/h6-9,11,15-16,19,23-25,29H,2-5,22H2,1H3/t11-,15+,16?,19?/m1/s1. The van der Waals surface area contributed by atoms with Gasteiger partial charge in [-0.1, -0.05) is 24.4 Å². The molecule has 4 rings (SSSR count). The normalized spacial score (nSPS) is 27.1. The van der Waals surface area contributed by atoms with Crippen LogP contribution in [-0.4, -0.2) is 40.6 Å². The molecule has 2 unspecified atom stereocenters. The van der Waals surface area contributed by atoms with Crippen LogP contribution in [0.4, 0.5) is 10.2 Å². The second-order valence-corrected chi connectivity index (χ2v) is 7.91. The maximum Gasteiger partial charge on any atom is 0.185 e. The summed E-state index contributed by atoms with van der Waals surface area (Å²) in [6.07, 6.45) is 9.10. The van der Waals surface area contributed by atoms with Crippen molar-refractivity contribution in [3.63, 3.8) is 0 Å². The minimum Gasteiger partial charge on any atom is -0.378 e. The molecule has 1 aliphatic carbocycles. The van der Waals surface area contributed by atoms with Crippen LogP contribution in [0.3, 0.4) is 0 Å². The average Bonchev–Trinajstić information content (AvgIpc) is 3.16. The van der Waals surface area contributed by atoms with Crippen LogP contribution in [0.15, 0.2) is 35.3 Å². The third-order valence-corrected chi connectivity index (χ3v) is 5.97. The monoisotopic (exact) mass is 421 g/mol. The van der Waals surface area contributed by atoms with E-state index in [2.05, 4.69) is 25.9 Å². The van der Waals surface area contributed by atoms with Gasteiger partial charge in [0.25, 0.3) is 0 Å². The highest BCUT2D eigenvalue weighted by Crippen LogP contribution is 2.34. The van der Waals surface area contributed by atoms with E-state index in [4.69, 9.17) is 17.4 Å². The van der Waals surface area contributed by atoms with Crippen LogP contribution in [-0.2, 0) is 0 Å². The van der Waals surface area contributed by atoms with Crippen molar-refractivity contribution in [1.82, 2.24) is 25.9 Å². The molecule has 0 amide bonds. The number of halogens is 2. The van der Waals surface area contributed by atoms with Crippen molar-refractivity contribution in [1.29, 1.82) is 0 Å². The molecule has 1 saturated carbocycles. The first kappa shape index (κ1) is 20.1. The van der Waals surface area contributed by atoms with Gasteiger partial charge in [0.2, 0.25) is 0 Å². The largest absolute Gasteiger partial charge is 0.378 e. The Hall–Kier alpha value is -2.20. The van der Waals surface area contributed by atoms with Gasteiger partial charge in [-0.3, -0.25) is 10.3 Å². The number of nitrogens with two attached hydrogens (primary N) is 1. The molecule has 1 fully saturated rings. The summed E-state index contributed by atoms with van der Waals surface area (Å²) in [4.78, 5) is 8.60. The van der Waals surface area contributed by atoms with E-state index in [0.717, 1.165) is 43.0 Å². The molecule has 3 aliphatic rings. The molecule has 1 aromatic heterocycles. The molecule has 0 saturated heterocycles. The number of nitrogens with one attached hydrogen (secondary N) is 3. The number of hydrogen-bond acceptors (Lipinski definition) is 8. The van der Waals surface area contributed by atoms with Crippen molar-refractivity contribution < 1.29 is 9.50 Å². The van der Waals surface area contributed by atoms with E-state index in [1.165, 1.54) is 5.01 Å². The van der Waals surface area contributed by atoms with Crippen LogP contribution < -0.4 is 26.8 Å². The fourth-order valence-corrected chi connectivity index (χ4v) is 4.42. The fourth-order valence-electron chi connectivity index (χ4n) is 4.23. The fraction of sp³-hybridized carbons (Fsp3) is 0.474. The van der Waals surface area contributed by atoms with Gasteiger partial charge in [-0.05, 0) is 26.0 Å². The zero-order valence-electron chi connectivity index (χ0n) is 16.1. The molecule has 29 heavy (non-hydrogen) atoms. The SMILES string of the molecule is CNC(O)[C@@H]1CCCC[C@@H]1N(N)c1nc(C2=CNC3NC=C(Cl)C=C23)ncc1F. The van der Waals surface area contributed by atoms with Gasteiger partial charge >= 0.3 is 0 Å². The van der Waals surface area contributed by atoms with E-state index in [1.54, 1.807) is 19.4 Å². The van der Waals surface area contributed by atoms with Crippen LogP contribution >= 0.6 is 11.6 Å². The van der Waals surface area contributed by atoms with Gasteiger partial charge in [-0.25, -0.2) is 20.2 Å². The van der Waals surface area contributed by atoms with Gasteiger partial charge < -0.3 is 15.7 Å². The molecule has 8 nitrogen and oxygen atoms in total. The van der Waals surface area contributed by atoms with E-state index < -0.39 is 12.0 Å². The lowest BCUT2D eigenvalue weighted by Gasteiger charge is -2.40. The number of hydrazine groups is 1. The molecule has 156 valence electrons. The highest BCUT2D eigenvalue weighted by molar-refractivity contribution is 6.31. The van der Waals surface area contributed by atoms with Crippen molar-refractivity contribution in [3.8, 4) is 0 Å². The quantitative estimate of drug-likeness (QED) is 0.274. The van der Waals surface area contributed by atoms with Crippen LogP contribution in [0, 0.1) is 11.7 Å². The first-order valence-electron chi connectivity index (χ1n) is 9.71. The Labute approximate surface area is 173 Å². The van der Waals surface area contributed by atoms with Gasteiger partial charge in [-0.2, -0.15) is 0 Å². The van der Waals surface area contributed by atoms with Crippen molar-refractivity contribution in [2.45, 2.75) is 44.1 Å². The number of hydrogen-bond donors (Lipinski definition) is 5. The minimum absolute atomic E-state index is 0.0190. The lowest BCUT2D eigenvalue weighted by Crippen LogP contribution is -2.53. The molecule has 6 N–H and O–H groups in total. The summed E-state index contributed by atoms with van der Waals surface area (Å²) in [6, 6.07) is -0.236. The number of aliphatic hydroxyl groups excluding tert-OH is 1. The molecule has 10 heteroatoms. The molecular formula is C19H25ClFN7O. The van der Waals surface area contributed by atoms with Gasteiger partial charge in [-0.15, -0.1) is 0 Å². The maximum absolute atomic E-state index is 14.7. The predicted molar refractivity (Wildman–Crippen MR) is 110 cm³/mol. The zero-order valence-corrected chi connectivity index (χ0v) is 16.8. The lowest BCUT2D eigenvalue weighted by molar-refractivity contribution is 0.0486. The number of dihydropyridines is 1. The van der Waals surface area contributed by atoms with Gasteiger partial charge in [0.15, 0.2) is 17.5 Å². The molecule has 3 heterocycles. The van der Waals surface area contributed by atoms with Crippen LogP contribution in [0.2, 0.25) is 0 Å². The van der Waals surface area contributed by atoms with Gasteiger partial charge in [0.05, 0.1) is 17.3 Å². The van der Waals surface area contributed by atoms with E-state index in [9.17, 15) is 9.50 Å². The summed E-state index contributed by atoms with van der Waals surface area (Å²) in [5.74, 6) is 6.00. The first-order valence-corrected chi connectivity index (χ1v) is 10.1. The van der Waals surface area contributed by atoms with Crippen LogP contribution in [0.5, 0.6) is 0 Å². The number of anilines is 1. The Morgan fingerprint density at radius 3 is 2.90 bits per heavy atom. The summed E-state index contributed by atoms with van der Waals surface area (Å²) in [5.41, 5.74) is 1.60. The van der Waals surface area contributed by atoms with E-state index in [1.807, 2.05) is 6.08 Å². The van der Waals surface area contributed by atoms with E-state index in [0.29, 0.717) is 10.9 Å². The smallest absolute Gasteiger partial charge is 0.185 e. The Balaban J connectivity index is 1.64. The first-order chi connectivity index (χ1) is 14.0. The third-order valence-electron chi connectivity index (χ3n) is 5.75. The summed E-state index contributed by atoms with van der Waals surface area (Å²) in [7, 11) is 1.70. The maximum atomic E-state index is 14.7. The van der Waals surface area contributed by atoms with Crippen molar-refractivity contribution in [3.05, 3.63) is 46.9 Å². The number of aromatic nitrogens is 2. The Morgan fingerprint density at radius 2 is 2.10 bits per heavy atom. The highest BCUT2D eigenvalue weighted by Gasteiger charge is 2.35. The molecule has 0 aromatic carbocycles. The second-order valence-electron chi connectivity index (χ2n) is 7.47. The Kier molecular flexibility index (Phi) is 5.73. The summed E-state index contributed by atoms with van der Waals surface area (Å²) < 4.78 is 14.7. The van der Waals surface area contributed by atoms with E-state index >= 15 is 0 Å². The zero-order chi connectivity index (χ0) is 20.5. The number of fused-ring (bicyclic) bond motifs is 1. The molecule has 1 aromatic rings. The van der Waals surface area contributed by atoms with Gasteiger partial charge in [0, 0.05) is 29.5 Å². The molecule has 0 bridgehead atoms. The number of allylic oxidation sites excluding steroid dienone is 2. The minimum atomic E-state index is -0.717. The van der Waals surface area contributed by atoms with Crippen molar-refractivity contribution in [2.75, 3.05) is 12.1 Å². The number of rotatable bonds is 5. The summed E-state index contributed by atoms with van der Waals surface area (Å²) in [6.45, 7) is 0. The molecule has 0 spiro atoms. The number of nitrogens with zero attached hydrogens (tertiary/aromatic N) is 3. The van der Waals surface area contributed by atoms with Crippen molar-refractivity contribution in [2.24, 2.45) is 11.8 Å². The summed E-state index contributed by atoms with van der Waals surface area (Å²) in [5, 5.41) is 21.4. The molecule has 4 atom stereocenters. The third kappa shape index (κ3) is 3.83. The molecular weight excluding hydrogens is 397 g/mol. The average molecular weight is 422 g/mol. The van der Waals surface area contributed by atoms with E-state index in [-0.39, 0.29) is 23.9 Å². The Morgan fingerprint density at radius 1 is 1.34 bits per heavy atom. The predicted octanol–water partition coefficient (Wildman–Crippen LogP) is 1.27. The van der Waals surface area contributed by atoms with Crippen LogP contribution in [0.1, 0.15) is 31.5 Å². The molecule has 0 radical (unpaired) electrons. The van der Waals surface area contributed by atoms with Gasteiger partial charge in [0.1, 0.15) is 12.4 Å². The topological polar surface area (TPSA) is 111 Å². The van der Waals surface area contributed by atoms with Crippen molar-refractivity contribution >= 4 is 23.0 Å². The highest BCUT2D eigenvalue weighted by atomic mass is 35.5. The lowest BCUT2D eigenvalue weighted by atomic mass is 9.83. The Bertz CT molecular complexity index is 874. The number of aliphatic hydroxyl groups is 1. The second kappa shape index (κ2) is 8.27.